The van der Waals surface area contributed by atoms with Crippen LogP contribution in [0.15, 0.2) is 12.2 Å². The highest BCUT2D eigenvalue weighted by atomic mass is 16.5. The van der Waals surface area contributed by atoms with Crippen LogP contribution in [-0.4, -0.2) is 25.8 Å². The van der Waals surface area contributed by atoms with Crippen molar-refractivity contribution < 1.29 is 4.74 Å². The number of rotatable bonds is 3. The molecule has 3 unspecified atom stereocenters. The zero-order chi connectivity index (χ0) is 9.38. The van der Waals surface area contributed by atoms with Gasteiger partial charge in [0.15, 0.2) is 0 Å². The van der Waals surface area contributed by atoms with Crippen LogP contribution in [0.3, 0.4) is 0 Å². The predicted octanol–water partition coefficient (Wildman–Crippen LogP) is 1.58. The Labute approximate surface area is 85.7 Å². The van der Waals surface area contributed by atoms with E-state index in [1.54, 1.807) is 0 Å². The van der Waals surface area contributed by atoms with Crippen molar-refractivity contribution in [3.63, 3.8) is 0 Å². The molecule has 2 nitrogen and oxygen atoms in total. The zero-order valence-electron chi connectivity index (χ0n) is 8.61. The monoisotopic (exact) mass is 193 g/mol. The van der Waals surface area contributed by atoms with Crippen LogP contribution in [0.2, 0.25) is 0 Å². The predicted molar refractivity (Wildman–Crippen MR) is 56.1 cm³/mol. The topological polar surface area (TPSA) is 21.3 Å². The second kappa shape index (κ2) is 3.67. The highest BCUT2D eigenvalue weighted by Gasteiger charge is 2.32. The van der Waals surface area contributed by atoms with E-state index in [9.17, 15) is 0 Å². The van der Waals surface area contributed by atoms with Gasteiger partial charge in [-0.25, -0.2) is 0 Å². The lowest BCUT2D eigenvalue weighted by atomic mass is 9.69. The molecule has 2 fully saturated rings. The van der Waals surface area contributed by atoms with Crippen molar-refractivity contribution in [3.8, 4) is 0 Å². The average Bonchev–Trinajstić information content (AvgIpc) is 2.17. The van der Waals surface area contributed by atoms with E-state index in [0.717, 1.165) is 31.0 Å². The SMILES string of the molecule is C1=CC2CCC1CC2CNC1COC1. The summed E-state index contributed by atoms with van der Waals surface area (Å²) in [6.07, 6.45) is 9.18. The van der Waals surface area contributed by atoms with Crippen LogP contribution in [0.4, 0.5) is 0 Å². The van der Waals surface area contributed by atoms with Gasteiger partial charge in [0.2, 0.25) is 0 Å². The van der Waals surface area contributed by atoms with Gasteiger partial charge in [0.1, 0.15) is 0 Å². The summed E-state index contributed by atoms with van der Waals surface area (Å²) in [4.78, 5) is 0. The minimum Gasteiger partial charge on any atom is -0.378 e. The van der Waals surface area contributed by atoms with E-state index in [2.05, 4.69) is 17.5 Å². The molecule has 1 N–H and O–H groups in total. The molecular formula is C12H19NO. The summed E-state index contributed by atoms with van der Waals surface area (Å²) in [5.41, 5.74) is 0. The van der Waals surface area contributed by atoms with Crippen LogP contribution in [0, 0.1) is 17.8 Å². The first kappa shape index (κ1) is 8.93. The van der Waals surface area contributed by atoms with Crippen LogP contribution in [-0.2, 0) is 4.74 Å². The third kappa shape index (κ3) is 1.61. The van der Waals surface area contributed by atoms with E-state index in [4.69, 9.17) is 4.74 Å². The molecular weight excluding hydrogens is 174 g/mol. The van der Waals surface area contributed by atoms with Crippen molar-refractivity contribution in [2.75, 3.05) is 19.8 Å². The molecule has 78 valence electrons. The fourth-order valence-electron chi connectivity index (χ4n) is 2.96. The Bertz CT molecular complexity index is 234. The van der Waals surface area contributed by atoms with E-state index in [0.29, 0.717) is 6.04 Å². The smallest absolute Gasteiger partial charge is 0.0643 e. The lowest BCUT2D eigenvalue weighted by molar-refractivity contribution is -0.00839. The molecule has 0 aromatic rings. The minimum atomic E-state index is 0.652. The third-order valence-electron chi connectivity index (χ3n) is 4.02. The minimum absolute atomic E-state index is 0.652. The first-order chi connectivity index (χ1) is 6.92. The molecule has 2 bridgehead atoms. The molecule has 0 aromatic carbocycles. The van der Waals surface area contributed by atoms with Crippen molar-refractivity contribution in [1.82, 2.24) is 5.32 Å². The Morgan fingerprint density at radius 1 is 1.21 bits per heavy atom. The van der Waals surface area contributed by atoms with Crippen molar-refractivity contribution in [2.24, 2.45) is 17.8 Å². The molecule has 1 saturated heterocycles. The lowest BCUT2D eigenvalue weighted by Gasteiger charge is -2.39. The van der Waals surface area contributed by atoms with Crippen LogP contribution >= 0.6 is 0 Å². The molecule has 14 heavy (non-hydrogen) atoms. The van der Waals surface area contributed by atoms with E-state index in [1.807, 2.05) is 0 Å². The summed E-state index contributed by atoms with van der Waals surface area (Å²) >= 11 is 0. The summed E-state index contributed by atoms with van der Waals surface area (Å²) < 4.78 is 5.16. The Hall–Kier alpha value is -0.340. The first-order valence-corrected chi connectivity index (χ1v) is 5.91. The van der Waals surface area contributed by atoms with Gasteiger partial charge in [-0.3, -0.25) is 0 Å². The van der Waals surface area contributed by atoms with Gasteiger partial charge in [-0.1, -0.05) is 12.2 Å². The molecule has 3 aliphatic carbocycles. The van der Waals surface area contributed by atoms with Crippen LogP contribution in [0.5, 0.6) is 0 Å². The molecule has 4 rings (SSSR count). The van der Waals surface area contributed by atoms with Gasteiger partial charge in [0, 0.05) is 0 Å². The summed E-state index contributed by atoms with van der Waals surface area (Å²) in [5, 5.41) is 3.61. The van der Waals surface area contributed by atoms with Crippen molar-refractivity contribution in [3.05, 3.63) is 12.2 Å². The number of nitrogens with one attached hydrogen (secondary N) is 1. The third-order valence-corrected chi connectivity index (χ3v) is 4.02. The molecule has 0 amide bonds. The highest BCUT2D eigenvalue weighted by Crippen LogP contribution is 2.39. The number of hydrogen-bond acceptors (Lipinski definition) is 2. The Morgan fingerprint density at radius 2 is 2.14 bits per heavy atom. The van der Waals surface area contributed by atoms with Gasteiger partial charge in [0.05, 0.1) is 19.3 Å². The zero-order valence-corrected chi connectivity index (χ0v) is 8.61. The number of fused-ring (bicyclic) bond motifs is 2. The van der Waals surface area contributed by atoms with Gasteiger partial charge in [0.25, 0.3) is 0 Å². The molecule has 0 radical (unpaired) electrons. The van der Waals surface area contributed by atoms with Crippen molar-refractivity contribution >= 4 is 0 Å². The molecule has 4 aliphatic rings. The maximum absolute atomic E-state index is 5.16. The van der Waals surface area contributed by atoms with E-state index < -0.39 is 0 Å². The fraction of sp³-hybridized carbons (Fsp3) is 0.833. The largest absolute Gasteiger partial charge is 0.378 e. The Morgan fingerprint density at radius 3 is 2.64 bits per heavy atom. The number of allylic oxidation sites excluding steroid dienone is 2. The summed E-state index contributed by atoms with van der Waals surface area (Å²) in [6.45, 7) is 3.06. The molecule has 1 aliphatic heterocycles. The van der Waals surface area contributed by atoms with E-state index in [1.165, 1.54) is 25.8 Å². The maximum atomic E-state index is 5.16. The Kier molecular flexibility index (Phi) is 2.34. The fourth-order valence-corrected chi connectivity index (χ4v) is 2.96. The molecule has 0 aromatic heterocycles. The second-order valence-electron chi connectivity index (χ2n) is 5.02. The molecule has 1 saturated carbocycles. The van der Waals surface area contributed by atoms with Gasteiger partial charge in [-0.2, -0.15) is 0 Å². The van der Waals surface area contributed by atoms with Gasteiger partial charge >= 0.3 is 0 Å². The van der Waals surface area contributed by atoms with Gasteiger partial charge in [-0.05, 0) is 43.6 Å². The summed E-state index contributed by atoms with van der Waals surface area (Å²) in [6, 6.07) is 0.652. The summed E-state index contributed by atoms with van der Waals surface area (Å²) in [7, 11) is 0. The van der Waals surface area contributed by atoms with E-state index >= 15 is 0 Å². The van der Waals surface area contributed by atoms with Gasteiger partial charge < -0.3 is 10.1 Å². The highest BCUT2D eigenvalue weighted by molar-refractivity contribution is 5.06. The lowest BCUT2D eigenvalue weighted by Crippen LogP contribution is -2.49. The summed E-state index contributed by atoms with van der Waals surface area (Å²) in [5.74, 6) is 2.66. The second-order valence-corrected chi connectivity index (χ2v) is 5.02. The average molecular weight is 193 g/mol. The standard InChI is InChI=1S/C12H19NO/c1-3-10-4-2-9(1)5-11(10)6-13-12-7-14-8-12/h1,3,9-13H,2,4-8H2. The Balaban J connectivity index is 1.51. The number of ether oxygens (including phenoxy) is 1. The normalized spacial score (nSPS) is 41.3. The molecule has 3 atom stereocenters. The van der Waals surface area contributed by atoms with Crippen molar-refractivity contribution in [1.29, 1.82) is 0 Å². The van der Waals surface area contributed by atoms with Crippen LogP contribution < -0.4 is 5.32 Å². The first-order valence-electron chi connectivity index (χ1n) is 5.91. The quantitative estimate of drug-likeness (QED) is 0.687. The molecule has 0 spiro atoms. The number of hydrogen-bond donors (Lipinski definition) is 1. The molecule has 1 heterocycles. The van der Waals surface area contributed by atoms with E-state index in [-0.39, 0.29) is 0 Å². The van der Waals surface area contributed by atoms with Crippen LogP contribution in [0.25, 0.3) is 0 Å². The van der Waals surface area contributed by atoms with Crippen molar-refractivity contribution in [2.45, 2.75) is 25.3 Å². The van der Waals surface area contributed by atoms with Crippen LogP contribution in [0.1, 0.15) is 19.3 Å². The maximum Gasteiger partial charge on any atom is 0.0643 e. The molecule has 2 heteroatoms. The van der Waals surface area contributed by atoms with Gasteiger partial charge in [-0.15, -0.1) is 0 Å².